The van der Waals surface area contributed by atoms with Crippen molar-refractivity contribution in [1.29, 1.82) is 0 Å². The van der Waals surface area contributed by atoms with Crippen LogP contribution in [-0.2, 0) is 19.8 Å². The SMILES string of the molecule is C=C(CC(=O)O)[C@H](NS(=O)(=O)N[C@H](C(=O)O)C(C)O)c1nc(-c2cnccn2)no1. The summed E-state index contributed by atoms with van der Waals surface area (Å²) in [6.45, 7) is 4.61. The van der Waals surface area contributed by atoms with E-state index >= 15 is 0 Å². The maximum atomic E-state index is 12.4. The molecule has 14 nitrogen and oxygen atoms in total. The predicted molar refractivity (Wildman–Crippen MR) is 97.8 cm³/mol. The van der Waals surface area contributed by atoms with E-state index in [9.17, 15) is 23.1 Å². The van der Waals surface area contributed by atoms with Crippen molar-refractivity contribution in [3.05, 3.63) is 36.6 Å². The molecule has 0 aliphatic heterocycles. The number of aliphatic carboxylic acids is 2. The zero-order chi connectivity index (χ0) is 22.5. The first kappa shape index (κ1) is 23.0. The molecule has 15 heteroatoms. The van der Waals surface area contributed by atoms with Crippen LogP contribution in [0.2, 0.25) is 0 Å². The molecule has 0 saturated carbocycles. The van der Waals surface area contributed by atoms with Crippen LogP contribution in [0.3, 0.4) is 0 Å². The van der Waals surface area contributed by atoms with Crippen molar-refractivity contribution >= 4 is 22.1 Å². The van der Waals surface area contributed by atoms with Crippen LogP contribution in [-0.4, -0.2) is 67.9 Å². The number of nitrogens with one attached hydrogen (secondary N) is 2. The molecular weight excluding hydrogens is 424 g/mol. The molecule has 2 aromatic heterocycles. The Bertz CT molecular complexity index is 1020. The molecule has 162 valence electrons. The summed E-state index contributed by atoms with van der Waals surface area (Å²) in [6, 6.07) is -3.38. The predicted octanol–water partition coefficient (Wildman–Crippen LogP) is -1.14. The average Bonchev–Trinajstić information content (AvgIpc) is 3.14. The highest BCUT2D eigenvalue weighted by atomic mass is 32.2. The van der Waals surface area contributed by atoms with Crippen LogP contribution in [0.4, 0.5) is 0 Å². The number of aliphatic hydroxyl groups is 1. The molecular formula is C15H18N6O8S. The number of aliphatic hydroxyl groups excluding tert-OH is 1. The number of carboxylic acid groups (broad SMARTS) is 2. The Kier molecular flexibility index (Phi) is 7.28. The Hall–Kier alpha value is -3.27. The number of hydrogen-bond acceptors (Lipinski definition) is 10. The maximum Gasteiger partial charge on any atom is 0.324 e. The lowest BCUT2D eigenvalue weighted by atomic mass is 10.1. The van der Waals surface area contributed by atoms with Crippen molar-refractivity contribution in [3.63, 3.8) is 0 Å². The lowest BCUT2D eigenvalue weighted by Gasteiger charge is -2.21. The van der Waals surface area contributed by atoms with E-state index in [0.29, 0.717) is 0 Å². The summed E-state index contributed by atoms with van der Waals surface area (Å²) in [5.74, 6) is -3.35. The van der Waals surface area contributed by atoms with Crippen molar-refractivity contribution in [3.8, 4) is 11.5 Å². The van der Waals surface area contributed by atoms with E-state index in [0.717, 1.165) is 6.92 Å². The molecule has 0 spiro atoms. The lowest BCUT2D eigenvalue weighted by Crippen LogP contribution is -2.52. The fourth-order valence-corrected chi connectivity index (χ4v) is 3.47. The lowest BCUT2D eigenvalue weighted by molar-refractivity contribution is -0.141. The van der Waals surface area contributed by atoms with Crippen molar-refractivity contribution in [1.82, 2.24) is 29.6 Å². The van der Waals surface area contributed by atoms with E-state index in [1.807, 2.05) is 4.72 Å². The highest BCUT2D eigenvalue weighted by Gasteiger charge is 2.33. The minimum atomic E-state index is -4.60. The molecule has 1 unspecified atom stereocenters. The molecule has 30 heavy (non-hydrogen) atoms. The quantitative estimate of drug-likeness (QED) is 0.261. The van der Waals surface area contributed by atoms with Gasteiger partial charge in [-0.25, -0.2) is 4.98 Å². The van der Waals surface area contributed by atoms with Gasteiger partial charge < -0.3 is 19.8 Å². The number of carboxylic acids is 2. The van der Waals surface area contributed by atoms with Crippen molar-refractivity contribution in [2.45, 2.75) is 31.5 Å². The molecule has 0 fully saturated rings. The number of rotatable bonds is 11. The second-order valence-electron chi connectivity index (χ2n) is 6.00. The molecule has 0 radical (unpaired) electrons. The Morgan fingerprint density at radius 2 is 1.97 bits per heavy atom. The second-order valence-corrected chi connectivity index (χ2v) is 7.48. The minimum absolute atomic E-state index is 0.0502. The van der Waals surface area contributed by atoms with Crippen LogP contribution in [0.1, 0.15) is 25.3 Å². The Morgan fingerprint density at radius 3 is 2.50 bits per heavy atom. The van der Waals surface area contributed by atoms with E-state index in [1.165, 1.54) is 18.6 Å². The number of carbonyl (C=O) groups is 2. The van der Waals surface area contributed by atoms with Gasteiger partial charge in [-0.2, -0.15) is 22.8 Å². The molecule has 0 aromatic carbocycles. The van der Waals surface area contributed by atoms with Crippen molar-refractivity contribution in [2.75, 3.05) is 0 Å². The van der Waals surface area contributed by atoms with E-state index in [-0.39, 0.29) is 23.0 Å². The molecule has 0 amide bonds. The third-order valence-corrected chi connectivity index (χ3v) is 4.68. The molecule has 5 N–H and O–H groups in total. The third kappa shape index (κ3) is 6.11. The van der Waals surface area contributed by atoms with Crippen molar-refractivity contribution < 1.29 is 37.8 Å². The van der Waals surface area contributed by atoms with Gasteiger partial charge in [-0.1, -0.05) is 11.7 Å². The van der Waals surface area contributed by atoms with Crippen LogP contribution in [0.15, 0.2) is 35.3 Å². The number of aromatic nitrogens is 4. The van der Waals surface area contributed by atoms with Crippen LogP contribution in [0, 0.1) is 0 Å². The van der Waals surface area contributed by atoms with Crippen molar-refractivity contribution in [2.24, 2.45) is 0 Å². The first-order valence-electron chi connectivity index (χ1n) is 8.20. The van der Waals surface area contributed by atoms with Gasteiger partial charge in [0.1, 0.15) is 17.8 Å². The van der Waals surface area contributed by atoms with Crippen LogP contribution < -0.4 is 9.44 Å². The summed E-state index contributed by atoms with van der Waals surface area (Å²) < 4.78 is 33.6. The van der Waals surface area contributed by atoms with E-state index < -0.39 is 46.8 Å². The molecule has 2 heterocycles. The minimum Gasteiger partial charge on any atom is -0.481 e. The summed E-state index contributed by atoms with van der Waals surface area (Å²) in [5, 5.41) is 31.2. The summed E-state index contributed by atoms with van der Waals surface area (Å²) in [7, 11) is -4.60. The van der Waals surface area contributed by atoms with Gasteiger partial charge in [0.25, 0.3) is 10.2 Å². The molecule has 2 aromatic rings. The molecule has 0 aliphatic rings. The smallest absolute Gasteiger partial charge is 0.324 e. The third-order valence-electron chi connectivity index (χ3n) is 3.57. The Labute approximate surface area is 169 Å². The van der Waals surface area contributed by atoms with Crippen LogP contribution in [0.25, 0.3) is 11.5 Å². The largest absolute Gasteiger partial charge is 0.481 e. The van der Waals surface area contributed by atoms with Gasteiger partial charge >= 0.3 is 11.9 Å². The summed E-state index contributed by atoms with van der Waals surface area (Å²) >= 11 is 0. The highest BCUT2D eigenvalue weighted by Crippen LogP contribution is 2.24. The molecule has 3 atom stereocenters. The fraction of sp³-hybridized carbons (Fsp3) is 0.333. The normalized spacial score (nSPS) is 14.6. The summed E-state index contributed by atoms with van der Waals surface area (Å²) in [5.41, 5.74) is 0.0299. The zero-order valence-corrected chi connectivity index (χ0v) is 16.3. The van der Waals surface area contributed by atoms with Gasteiger partial charge in [-0.15, -0.1) is 0 Å². The van der Waals surface area contributed by atoms with Crippen LogP contribution >= 0.6 is 0 Å². The molecule has 2 rings (SSSR count). The van der Waals surface area contributed by atoms with Gasteiger partial charge in [-0.3, -0.25) is 14.6 Å². The topological polar surface area (TPSA) is 218 Å². The van der Waals surface area contributed by atoms with Gasteiger partial charge in [0, 0.05) is 12.4 Å². The number of hydrogen-bond donors (Lipinski definition) is 5. The van der Waals surface area contributed by atoms with E-state index in [1.54, 1.807) is 4.72 Å². The summed E-state index contributed by atoms with van der Waals surface area (Å²) in [6.07, 6.45) is 1.87. The fourth-order valence-electron chi connectivity index (χ4n) is 2.19. The van der Waals surface area contributed by atoms with Gasteiger partial charge in [0.15, 0.2) is 0 Å². The van der Waals surface area contributed by atoms with E-state index in [4.69, 9.17) is 14.7 Å². The number of nitrogens with zero attached hydrogens (tertiary/aromatic N) is 4. The Morgan fingerprint density at radius 1 is 1.27 bits per heavy atom. The molecule has 0 bridgehead atoms. The van der Waals surface area contributed by atoms with Gasteiger partial charge in [0.2, 0.25) is 11.7 Å². The average molecular weight is 442 g/mol. The second kappa shape index (κ2) is 9.49. The first-order valence-corrected chi connectivity index (χ1v) is 9.68. The monoisotopic (exact) mass is 442 g/mol. The van der Waals surface area contributed by atoms with Gasteiger partial charge in [-0.05, 0) is 12.5 Å². The first-order chi connectivity index (χ1) is 14.0. The standard InChI is InChI=1S/C15H18N6O8S/c1-7(5-10(23)24)11(20-30(27,28)21-12(8(2)22)15(25)26)14-18-13(19-29-14)9-6-16-3-4-17-9/h3-4,6,8,11-12,20-22H,1,5H2,2H3,(H,23,24)(H,25,26)/t8?,11-,12-/m0/s1. The van der Waals surface area contributed by atoms with Crippen LogP contribution in [0.5, 0.6) is 0 Å². The molecule has 0 aliphatic carbocycles. The highest BCUT2D eigenvalue weighted by molar-refractivity contribution is 7.87. The zero-order valence-electron chi connectivity index (χ0n) is 15.5. The molecule has 0 saturated heterocycles. The van der Waals surface area contributed by atoms with Gasteiger partial charge in [0.05, 0.1) is 18.7 Å². The maximum absolute atomic E-state index is 12.4. The van der Waals surface area contributed by atoms with E-state index in [2.05, 4.69) is 26.7 Å². The summed E-state index contributed by atoms with van der Waals surface area (Å²) in [4.78, 5) is 34.0. The Balaban J connectivity index is 2.34.